The fourth-order valence-corrected chi connectivity index (χ4v) is 1.55. The highest BCUT2D eigenvalue weighted by molar-refractivity contribution is 6.07. The molecular weight excluding hydrogens is 228 g/mol. The van der Waals surface area contributed by atoms with Crippen molar-refractivity contribution in [2.75, 3.05) is 10.7 Å². The number of hydrogen-bond acceptors (Lipinski definition) is 4. The van der Waals surface area contributed by atoms with Crippen molar-refractivity contribution < 1.29 is 4.79 Å². The number of hydrazine groups is 1. The van der Waals surface area contributed by atoms with Gasteiger partial charge in [-0.3, -0.25) is 15.6 Å². The Morgan fingerprint density at radius 2 is 2.00 bits per heavy atom. The number of para-hydroxylation sites is 1. The zero-order chi connectivity index (χ0) is 13.0. The highest BCUT2D eigenvalue weighted by Gasteiger charge is 2.10. The minimum atomic E-state index is -0.228. The van der Waals surface area contributed by atoms with Crippen molar-refractivity contribution in [2.45, 2.75) is 6.92 Å². The minimum Gasteiger partial charge on any atom is -0.323 e. The number of hydrogen-bond donors (Lipinski definition) is 3. The Morgan fingerprint density at radius 1 is 1.22 bits per heavy atom. The van der Waals surface area contributed by atoms with Crippen LogP contribution in [0.2, 0.25) is 0 Å². The lowest BCUT2D eigenvalue weighted by Gasteiger charge is -2.09. The number of nitrogens with one attached hydrogen (secondary N) is 2. The van der Waals surface area contributed by atoms with Crippen LogP contribution in [-0.2, 0) is 0 Å². The van der Waals surface area contributed by atoms with E-state index in [9.17, 15) is 4.79 Å². The maximum Gasteiger partial charge on any atom is 0.257 e. The summed E-state index contributed by atoms with van der Waals surface area (Å²) in [6, 6.07) is 10.7. The summed E-state index contributed by atoms with van der Waals surface area (Å²) in [6.45, 7) is 1.89. The van der Waals surface area contributed by atoms with E-state index >= 15 is 0 Å². The molecule has 0 saturated carbocycles. The van der Waals surface area contributed by atoms with E-state index in [-0.39, 0.29) is 5.91 Å². The summed E-state index contributed by atoms with van der Waals surface area (Å²) in [6.07, 6.45) is 1.62. The van der Waals surface area contributed by atoms with Gasteiger partial charge in [0.2, 0.25) is 0 Å². The molecule has 5 heteroatoms. The SMILES string of the molecule is Cc1ccc(NC(=O)c2ccccc2NN)cn1. The zero-order valence-corrected chi connectivity index (χ0v) is 9.97. The van der Waals surface area contributed by atoms with Gasteiger partial charge in [-0.15, -0.1) is 0 Å². The molecule has 0 saturated heterocycles. The summed E-state index contributed by atoms with van der Waals surface area (Å²) in [5, 5.41) is 2.76. The Labute approximate surface area is 105 Å². The largest absolute Gasteiger partial charge is 0.323 e. The van der Waals surface area contributed by atoms with Gasteiger partial charge in [-0.2, -0.15) is 0 Å². The Kier molecular flexibility index (Phi) is 3.54. The van der Waals surface area contributed by atoms with Crippen LogP contribution in [0.5, 0.6) is 0 Å². The number of aromatic nitrogens is 1. The van der Waals surface area contributed by atoms with Crippen molar-refractivity contribution in [1.29, 1.82) is 0 Å². The molecule has 0 unspecified atom stereocenters. The van der Waals surface area contributed by atoms with Crippen molar-refractivity contribution in [1.82, 2.24) is 4.98 Å². The molecule has 1 aromatic carbocycles. The van der Waals surface area contributed by atoms with Gasteiger partial charge in [0.05, 0.1) is 23.1 Å². The molecule has 0 bridgehead atoms. The molecule has 1 heterocycles. The molecule has 92 valence electrons. The average Bonchev–Trinajstić information content (AvgIpc) is 2.41. The van der Waals surface area contributed by atoms with E-state index in [1.54, 1.807) is 36.5 Å². The molecule has 0 radical (unpaired) electrons. The average molecular weight is 242 g/mol. The van der Waals surface area contributed by atoms with Crippen LogP contribution in [-0.4, -0.2) is 10.9 Å². The fraction of sp³-hybridized carbons (Fsp3) is 0.0769. The molecule has 0 aliphatic rings. The molecule has 1 amide bonds. The fourth-order valence-electron chi connectivity index (χ4n) is 1.55. The molecule has 1 aromatic heterocycles. The second-order valence-electron chi connectivity index (χ2n) is 3.83. The summed E-state index contributed by atoms with van der Waals surface area (Å²) in [5.74, 6) is 5.13. The van der Waals surface area contributed by atoms with Crippen LogP contribution in [0.4, 0.5) is 11.4 Å². The number of anilines is 2. The molecule has 5 nitrogen and oxygen atoms in total. The quantitative estimate of drug-likeness (QED) is 0.567. The van der Waals surface area contributed by atoms with Crippen molar-refractivity contribution in [3.8, 4) is 0 Å². The smallest absolute Gasteiger partial charge is 0.257 e. The Balaban J connectivity index is 2.19. The molecular formula is C13H14N4O. The number of nitrogen functional groups attached to an aromatic ring is 1. The molecule has 2 aromatic rings. The number of carbonyl (C=O) groups excluding carboxylic acids is 1. The van der Waals surface area contributed by atoms with Crippen molar-refractivity contribution in [2.24, 2.45) is 5.84 Å². The van der Waals surface area contributed by atoms with Crippen molar-refractivity contribution in [3.63, 3.8) is 0 Å². The molecule has 18 heavy (non-hydrogen) atoms. The van der Waals surface area contributed by atoms with Crippen LogP contribution >= 0.6 is 0 Å². The molecule has 0 aliphatic heterocycles. The normalized spacial score (nSPS) is 9.89. The Hall–Kier alpha value is -2.40. The summed E-state index contributed by atoms with van der Waals surface area (Å²) >= 11 is 0. The van der Waals surface area contributed by atoms with E-state index < -0.39 is 0 Å². The minimum absolute atomic E-state index is 0.228. The maximum atomic E-state index is 12.0. The van der Waals surface area contributed by atoms with Gasteiger partial charge in [-0.25, -0.2) is 0 Å². The molecule has 4 N–H and O–H groups in total. The lowest BCUT2D eigenvalue weighted by atomic mass is 10.1. The van der Waals surface area contributed by atoms with Crippen LogP contribution in [0.15, 0.2) is 42.6 Å². The lowest BCUT2D eigenvalue weighted by Crippen LogP contribution is -2.17. The van der Waals surface area contributed by atoms with Crippen LogP contribution in [0, 0.1) is 6.92 Å². The standard InChI is InChI=1S/C13H14N4O/c1-9-6-7-10(8-15-9)16-13(18)11-4-2-3-5-12(11)17-14/h2-8,17H,14H2,1H3,(H,16,18). The van der Waals surface area contributed by atoms with Crippen molar-refractivity contribution in [3.05, 3.63) is 53.9 Å². The third kappa shape index (κ3) is 2.64. The van der Waals surface area contributed by atoms with Gasteiger partial charge in [-0.05, 0) is 31.2 Å². The van der Waals surface area contributed by atoms with Crippen LogP contribution in [0.25, 0.3) is 0 Å². The van der Waals surface area contributed by atoms with Crippen LogP contribution in [0.3, 0.4) is 0 Å². The number of aryl methyl sites for hydroxylation is 1. The molecule has 0 fully saturated rings. The maximum absolute atomic E-state index is 12.0. The number of pyridine rings is 1. The van der Waals surface area contributed by atoms with Gasteiger partial charge in [-0.1, -0.05) is 12.1 Å². The first kappa shape index (κ1) is 12.1. The lowest BCUT2D eigenvalue weighted by molar-refractivity contribution is 0.102. The molecule has 0 aliphatic carbocycles. The third-order valence-electron chi connectivity index (χ3n) is 2.50. The highest BCUT2D eigenvalue weighted by atomic mass is 16.1. The topological polar surface area (TPSA) is 80.0 Å². The van der Waals surface area contributed by atoms with Gasteiger partial charge >= 0.3 is 0 Å². The Bertz CT molecular complexity index is 551. The first-order valence-corrected chi connectivity index (χ1v) is 5.50. The van der Waals surface area contributed by atoms with Gasteiger partial charge in [0.25, 0.3) is 5.91 Å². The number of nitrogens with two attached hydrogens (primary N) is 1. The van der Waals surface area contributed by atoms with Crippen molar-refractivity contribution >= 4 is 17.3 Å². The van der Waals surface area contributed by atoms with Crippen LogP contribution < -0.4 is 16.6 Å². The van der Waals surface area contributed by atoms with Gasteiger partial charge in [0.1, 0.15) is 0 Å². The second kappa shape index (κ2) is 5.29. The van der Waals surface area contributed by atoms with Gasteiger partial charge in [0.15, 0.2) is 0 Å². The van der Waals surface area contributed by atoms with E-state index in [0.717, 1.165) is 5.69 Å². The van der Waals surface area contributed by atoms with E-state index in [1.807, 2.05) is 13.0 Å². The third-order valence-corrected chi connectivity index (χ3v) is 2.50. The number of benzene rings is 1. The summed E-state index contributed by atoms with van der Waals surface area (Å²) in [7, 11) is 0. The zero-order valence-electron chi connectivity index (χ0n) is 9.97. The summed E-state index contributed by atoms with van der Waals surface area (Å²) in [5.41, 5.74) is 5.11. The molecule has 2 rings (SSSR count). The predicted molar refractivity (Wildman–Crippen MR) is 71.2 cm³/mol. The summed E-state index contributed by atoms with van der Waals surface area (Å²) < 4.78 is 0. The number of rotatable bonds is 3. The first-order chi connectivity index (χ1) is 8.70. The number of nitrogens with zero attached hydrogens (tertiary/aromatic N) is 1. The van der Waals surface area contributed by atoms with Gasteiger partial charge < -0.3 is 10.7 Å². The second-order valence-corrected chi connectivity index (χ2v) is 3.83. The predicted octanol–water partition coefficient (Wildman–Crippen LogP) is 1.93. The molecule has 0 spiro atoms. The summed E-state index contributed by atoms with van der Waals surface area (Å²) in [4.78, 5) is 16.2. The van der Waals surface area contributed by atoms with Gasteiger partial charge in [0, 0.05) is 5.69 Å². The monoisotopic (exact) mass is 242 g/mol. The van der Waals surface area contributed by atoms with E-state index in [2.05, 4.69) is 15.7 Å². The van der Waals surface area contributed by atoms with E-state index in [1.165, 1.54) is 0 Å². The molecule has 0 atom stereocenters. The number of carbonyl (C=O) groups is 1. The Morgan fingerprint density at radius 3 is 2.67 bits per heavy atom. The number of amides is 1. The van der Waals surface area contributed by atoms with Crippen LogP contribution in [0.1, 0.15) is 16.1 Å². The van der Waals surface area contributed by atoms with E-state index in [4.69, 9.17) is 5.84 Å². The first-order valence-electron chi connectivity index (χ1n) is 5.50. The highest BCUT2D eigenvalue weighted by Crippen LogP contribution is 2.15. The van der Waals surface area contributed by atoms with E-state index in [0.29, 0.717) is 16.9 Å².